The van der Waals surface area contributed by atoms with E-state index in [1.807, 2.05) is 0 Å². The predicted molar refractivity (Wildman–Crippen MR) is 35.0 cm³/mol. The van der Waals surface area contributed by atoms with Crippen molar-refractivity contribution in [3.05, 3.63) is 30.5 Å². The van der Waals surface area contributed by atoms with Crippen molar-refractivity contribution in [1.82, 2.24) is 9.55 Å². The molecular weight excluding hydrogens is 136 g/mol. The van der Waals surface area contributed by atoms with Crippen molar-refractivity contribution in [1.29, 1.82) is 0 Å². The quantitative estimate of drug-likeness (QED) is 0.530. The summed E-state index contributed by atoms with van der Waals surface area (Å²) in [5, 5.41) is 0.310. The highest BCUT2D eigenvalue weighted by atomic mass is 35.5. The zero-order chi connectivity index (χ0) is 7.02. The summed E-state index contributed by atoms with van der Waals surface area (Å²) in [7, 11) is 1.70. The van der Waals surface area contributed by atoms with Crippen LogP contribution in [0.1, 0.15) is 11.4 Å². The lowest BCUT2D eigenvalue weighted by atomic mass is 10.4. The van der Waals surface area contributed by atoms with E-state index in [1.54, 1.807) is 7.05 Å². The largest absolute Gasteiger partial charge is 0.321 e. The minimum absolute atomic E-state index is 0.280. The third kappa shape index (κ3) is 0.944. The summed E-state index contributed by atoms with van der Waals surface area (Å²) in [5.41, 5.74) is 0.683. The highest BCUT2D eigenvalue weighted by molar-refractivity contribution is 6.28. The fraction of sp³-hybridized carbons (Fsp3) is 0.167. The van der Waals surface area contributed by atoms with Crippen LogP contribution in [0.4, 0.5) is 0 Å². The Labute approximate surface area is 59.5 Å². The standard InChI is InChI=1S/C6H5ClN2/c1-4-5(2)9(3)6(7)8-4/h1-2H,3H3. The van der Waals surface area contributed by atoms with E-state index in [2.05, 4.69) is 4.98 Å². The van der Waals surface area contributed by atoms with Crippen LogP contribution in [0.3, 0.4) is 0 Å². The Morgan fingerprint density at radius 3 is 2.22 bits per heavy atom. The van der Waals surface area contributed by atoms with Gasteiger partial charge in [-0.15, -0.1) is 0 Å². The Morgan fingerprint density at radius 1 is 1.56 bits per heavy atom. The number of aromatic nitrogens is 2. The summed E-state index contributed by atoms with van der Waals surface area (Å²) < 4.78 is 1.51. The van der Waals surface area contributed by atoms with Gasteiger partial charge in [0, 0.05) is 26.6 Å². The van der Waals surface area contributed by atoms with E-state index in [1.165, 1.54) is 4.57 Å². The van der Waals surface area contributed by atoms with E-state index in [0.29, 0.717) is 11.0 Å². The maximum absolute atomic E-state index is 5.53. The molecule has 0 unspecified atom stereocenters. The van der Waals surface area contributed by atoms with Gasteiger partial charge in [0.2, 0.25) is 5.28 Å². The van der Waals surface area contributed by atoms with Crippen molar-refractivity contribution in [2.75, 3.05) is 0 Å². The highest BCUT2D eigenvalue weighted by Crippen LogP contribution is 2.11. The summed E-state index contributed by atoms with van der Waals surface area (Å²) in [6.07, 6.45) is 0. The van der Waals surface area contributed by atoms with Crippen LogP contribution in [0.2, 0.25) is 5.28 Å². The molecule has 0 aliphatic rings. The van der Waals surface area contributed by atoms with Gasteiger partial charge in [-0.1, -0.05) is 0 Å². The van der Waals surface area contributed by atoms with Gasteiger partial charge in [-0.05, 0) is 11.6 Å². The Bertz CT molecular complexity index is 205. The van der Waals surface area contributed by atoms with Crippen LogP contribution in [0.25, 0.3) is 0 Å². The molecule has 0 aromatic carbocycles. The molecule has 46 valence electrons. The molecule has 0 aliphatic heterocycles. The van der Waals surface area contributed by atoms with Crippen LogP contribution in [0.15, 0.2) is 0 Å². The van der Waals surface area contributed by atoms with E-state index >= 15 is 0 Å². The lowest BCUT2D eigenvalue weighted by Crippen LogP contribution is -1.89. The first kappa shape index (κ1) is 6.62. The van der Waals surface area contributed by atoms with Crippen LogP contribution < -0.4 is 0 Å². The molecule has 0 N–H and O–H groups in total. The van der Waals surface area contributed by atoms with Crippen LogP contribution in [0.5, 0.6) is 0 Å². The SMILES string of the molecule is [CH]c1nc(Cl)n(C)c1[CH]. The molecule has 0 bridgehead atoms. The Morgan fingerprint density at radius 2 is 2.11 bits per heavy atom. The fourth-order valence-corrected chi connectivity index (χ4v) is 0.685. The Balaban J connectivity index is 3.29. The van der Waals surface area contributed by atoms with Gasteiger partial charge in [-0.2, -0.15) is 0 Å². The molecule has 9 heavy (non-hydrogen) atoms. The third-order valence-corrected chi connectivity index (χ3v) is 1.45. The van der Waals surface area contributed by atoms with E-state index in [9.17, 15) is 0 Å². The average molecular weight is 141 g/mol. The van der Waals surface area contributed by atoms with Crippen molar-refractivity contribution in [2.45, 2.75) is 0 Å². The van der Waals surface area contributed by atoms with E-state index in [4.69, 9.17) is 25.4 Å². The molecule has 0 amide bonds. The number of imidazole rings is 1. The van der Waals surface area contributed by atoms with E-state index < -0.39 is 0 Å². The Hall–Kier alpha value is -0.500. The first-order valence-electron chi connectivity index (χ1n) is 2.36. The van der Waals surface area contributed by atoms with E-state index in [0.717, 1.165) is 0 Å². The molecule has 1 heterocycles. The summed E-state index contributed by atoms with van der Waals surface area (Å²) in [6, 6.07) is 0. The summed E-state index contributed by atoms with van der Waals surface area (Å²) in [5.74, 6) is 0. The summed E-state index contributed by atoms with van der Waals surface area (Å²) >= 11 is 5.53. The maximum atomic E-state index is 5.53. The van der Waals surface area contributed by atoms with Crippen LogP contribution in [0, 0.1) is 13.8 Å². The molecule has 1 rings (SSSR count). The van der Waals surface area contributed by atoms with Crippen molar-refractivity contribution in [3.63, 3.8) is 0 Å². The molecule has 0 spiro atoms. The van der Waals surface area contributed by atoms with Gasteiger partial charge in [0.1, 0.15) is 0 Å². The van der Waals surface area contributed by atoms with Crippen molar-refractivity contribution in [3.8, 4) is 0 Å². The van der Waals surface area contributed by atoms with Gasteiger partial charge in [-0.3, -0.25) is 0 Å². The average Bonchev–Trinajstić information content (AvgIpc) is 1.98. The Kier molecular flexibility index (Phi) is 1.49. The van der Waals surface area contributed by atoms with Crippen LogP contribution >= 0.6 is 11.6 Å². The second kappa shape index (κ2) is 2.03. The predicted octanol–water partition coefficient (Wildman–Crippen LogP) is 1.19. The van der Waals surface area contributed by atoms with Crippen molar-refractivity contribution < 1.29 is 0 Å². The van der Waals surface area contributed by atoms with Gasteiger partial charge < -0.3 is 4.57 Å². The molecule has 0 fully saturated rings. The zero-order valence-corrected chi connectivity index (χ0v) is 5.68. The molecule has 1 aromatic rings. The van der Waals surface area contributed by atoms with Crippen molar-refractivity contribution >= 4 is 11.6 Å². The maximum Gasteiger partial charge on any atom is 0.202 e. The summed E-state index contributed by atoms with van der Waals surface area (Å²) in [4.78, 5) is 3.69. The molecular formula is C6H5ClN2. The van der Waals surface area contributed by atoms with Crippen LogP contribution in [-0.4, -0.2) is 9.55 Å². The van der Waals surface area contributed by atoms with Gasteiger partial charge in [0.15, 0.2) is 0 Å². The first-order chi connectivity index (χ1) is 4.13. The second-order valence-corrected chi connectivity index (χ2v) is 2.05. The molecule has 0 atom stereocenters. The number of hydrogen-bond donors (Lipinski definition) is 0. The first-order valence-corrected chi connectivity index (χ1v) is 2.74. The molecule has 3 heteroatoms. The fourth-order valence-electron chi connectivity index (χ4n) is 0.503. The van der Waals surface area contributed by atoms with Gasteiger partial charge >= 0.3 is 0 Å². The molecule has 0 saturated heterocycles. The minimum atomic E-state index is 0.280. The topological polar surface area (TPSA) is 17.8 Å². The molecule has 2 nitrogen and oxygen atoms in total. The van der Waals surface area contributed by atoms with Crippen molar-refractivity contribution in [2.24, 2.45) is 7.05 Å². The molecule has 0 saturated carbocycles. The highest BCUT2D eigenvalue weighted by Gasteiger charge is 2.03. The van der Waals surface area contributed by atoms with Gasteiger partial charge in [0.25, 0.3) is 0 Å². The molecule has 4 radical (unpaired) electrons. The molecule has 1 aromatic heterocycles. The lowest BCUT2D eigenvalue weighted by molar-refractivity contribution is 0.893. The number of hydrogen-bond acceptors (Lipinski definition) is 1. The number of nitrogens with zero attached hydrogens (tertiary/aromatic N) is 2. The van der Waals surface area contributed by atoms with Crippen LogP contribution in [-0.2, 0) is 7.05 Å². The van der Waals surface area contributed by atoms with Gasteiger partial charge in [-0.25, -0.2) is 4.98 Å². The number of halogens is 1. The monoisotopic (exact) mass is 140 g/mol. The third-order valence-electron chi connectivity index (χ3n) is 1.11. The minimum Gasteiger partial charge on any atom is -0.321 e. The normalized spacial score (nSPS) is 10.2. The molecule has 0 aliphatic carbocycles. The number of rotatable bonds is 0. The zero-order valence-electron chi connectivity index (χ0n) is 4.93. The lowest BCUT2D eigenvalue weighted by Gasteiger charge is -1.92. The second-order valence-electron chi connectivity index (χ2n) is 1.71. The summed E-state index contributed by atoms with van der Waals surface area (Å²) in [6.45, 7) is 10.7. The smallest absolute Gasteiger partial charge is 0.202 e. The van der Waals surface area contributed by atoms with Gasteiger partial charge in [0.05, 0.1) is 5.69 Å². The van der Waals surface area contributed by atoms with E-state index in [-0.39, 0.29) is 5.69 Å².